The molecule has 0 unspecified atom stereocenters. The minimum absolute atomic E-state index is 0.0582. The fraction of sp³-hybridized carbons (Fsp3) is 0.0526. The number of aromatic nitrogens is 4. The SMILES string of the molecule is C=CCSc1nnc(-c2ccc(F)c(NC(=O)c3ccccc3F)c2)o1.COc1c(C(=O)Nc2cc(-c3nnc(-c4ccco4)o3)ccc2F)cc(Cl)cc1[N+](=O)[O-]. The number of methoxy groups -OCH3 is 1. The van der Waals surface area contributed by atoms with E-state index in [1.807, 2.05) is 0 Å². The van der Waals surface area contributed by atoms with Crippen molar-refractivity contribution in [2.24, 2.45) is 0 Å². The summed E-state index contributed by atoms with van der Waals surface area (Å²) >= 11 is 7.21. The number of ether oxygens (including phenoxy) is 1. The molecule has 2 amide bonds. The van der Waals surface area contributed by atoms with Gasteiger partial charge in [-0.3, -0.25) is 19.7 Å². The molecule has 0 spiro atoms. The summed E-state index contributed by atoms with van der Waals surface area (Å²) < 4.78 is 63.3. The number of nitrogens with zero attached hydrogens (tertiary/aromatic N) is 5. The summed E-state index contributed by atoms with van der Waals surface area (Å²) in [6, 6.07) is 18.7. The normalized spacial score (nSPS) is 10.6. The first kappa shape index (κ1) is 40.4. The minimum Gasteiger partial charge on any atom is -0.490 e. The van der Waals surface area contributed by atoms with E-state index in [0.29, 0.717) is 27.9 Å². The van der Waals surface area contributed by atoms with Crippen LogP contribution in [0, 0.1) is 27.6 Å². The molecule has 0 aliphatic carbocycles. The smallest absolute Gasteiger partial charge is 0.313 e. The third kappa shape index (κ3) is 9.40. The third-order valence-electron chi connectivity index (χ3n) is 7.61. The van der Waals surface area contributed by atoms with Gasteiger partial charge in [0.2, 0.25) is 17.5 Å². The molecule has 0 atom stereocenters. The average molecular weight is 832 g/mol. The molecule has 20 heteroatoms. The summed E-state index contributed by atoms with van der Waals surface area (Å²) in [4.78, 5) is 35.5. The van der Waals surface area contributed by atoms with Crippen molar-refractivity contribution in [2.75, 3.05) is 23.5 Å². The summed E-state index contributed by atoms with van der Waals surface area (Å²) in [5.41, 5.74) is -0.531. The van der Waals surface area contributed by atoms with Crippen molar-refractivity contribution in [3.63, 3.8) is 0 Å². The van der Waals surface area contributed by atoms with E-state index in [1.54, 1.807) is 18.2 Å². The molecule has 0 radical (unpaired) electrons. The second-order valence-electron chi connectivity index (χ2n) is 11.4. The van der Waals surface area contributed by atoms with Crippen molar-refractivity contribution in [3.05, 3.63) is 148 Å². The Labute approximate surface area is 334 Å². The topological polar surface area (TPSA) is 202 Å². The van der Waals surface area contributed by atoms with Crippen LogP contribution in [0.1, 0.15) is 20.7 Å². The highest BCUT2D eigenvalue weighted by atomic mass is 35.5. The van der Waals surface area contributed by atoms with Gasteiger partial charge in [0.05, 0.1) is 40.8 Å². The first-order valence-corrected chi connectivity index (χ1v) is 17.8. The molecule has 7 rings (SSSR count). The summed E-state index contributed by atoms with van der Waals surface area (Å²) in [5.74, 6) is -2.74. The van der Waals surface area contributed by atoms with Crippen LogP contribution in [0.25, 0.3) is 34.6 Å². The lowest BCUT2D eigenvalue weighted by molar-refractivity contribution is -0.385. The van der Waals surface area contributed by atoms with Crippen molar-refractivity contribution in [1.82, 2.24) is 20.4 Å². The predicted molar refractivity (Wildman–Crippen MR) is 205 cm³/mol. The van der Waals surface area contributed by atoms with Gasteiger partial charge < -0.3 is 28.6 Å². The molecule has 294 valence electrons. The number of hydrogen-bond donors (Lipinski definition) is 2. The number of hydrogen-bond acceptors (Lipinski definition) is 13. The number of rotatable bonds is 12. The highest BCUT2D eigenvalue weighted by Gasteiger charge is 2.26. The molecule has 0 aliphatic heterocycles. The van der Waals surface area contributed by atoms with Crippen LogP contribution in [0.15, 0.2) is 122 Å². The first-order chi connectivity index (χ1) is 27.9. The highest BCUT2D eigenvalue weighted by molar-refractivity contribution is 7.99. The Kier molecular flexibility index (Phi) is 12.6. The third-order valence-corrected chi connectivity index (χ3v) is 8.64. The average Bonchev–Trinajstić information content (AvgIpc) is 4.02. The van der Waals surface area contributed by atoms with Gasteiger partial charge in [-0.15, -0.1) is 27.0 Å². The fourth-order valence-corrected chi connectivity index (χ4v) is 5.69. The van der Waals surface area contributed by atoms with E-state index in [-0.39, 0.29) is 50.9 Å². The van der Waals surface area contributed by atoms with Crippen LogP contribution in [0.2, 0.25) is 5.02 Å². The van der Waals surface area contributed by atoms with Crippen LogP contribution in [0.4, 0.5) is 30.2 Å². The van der Waals surface area contributed by atoms with Crippen LogP contribution >= 0.6 is 23.4 Å². The predicted octanol–water partition coefficient (Wildman–Crippen LogP) is 9.50. The molecule has 2 N–H and O–H groups in total. The number of nitrogens with one attached hydrogen (secondary N) is 2. The second kappa shape index (κ2) is 18.1. The lowest BCUT2D eigenvalue weighted by Gasteiger charge is -2.11. The van der Waals surface area contributed by atoms with Gasteiger partial charge in [0.15, 0.2) is 5.76 Å². The number of nitro groups is 1. The number of carbonyl (C=O) groups excluding carboxylic acids is 2. The summed E-state index contributed by atoms with van der Waals surface area (Å²) in [5, 5.41) is 31.8. The number of furan rings is 1. The summed E-state index contributed by atoms with van der Waals surface area (Å²) in [6.45, 7) is 3.60. The lowest BCUT2D eigenvalue weighted by Crippen LogP contribution is -2.15. The van der Waals surface area contributed by atoms with Crippen molar-refractivity contribution >= 4 is 52.2 Å². The van der Waals surface area contributed by atoms with Gasteiger partial charge in [-0.1, -0.05) is 41.6 Å². The maximum Gasteiger partial charge on any atom is 0.313 e. The Balaban J connectivity index is 0.000000200. The van der Waals surface area contributed by atoms with Crippen LogP contribution in [0.5, 0.6) is 5.75 Å². The molecule has 0 saturated heterocycles. The molecule has 4 aromatic carbocycles. The van der Waals surface area contributed by atoms with E-state index < -0.39 is 39.9 Å². The standard InChI is InChI=1S/C20H12ClFN4O6.C18H13F2N3O2S/c1-30-17-12(8-11(21)9-15(17)26(28)29)18(27)23-14-7-10(4-5-13(14)22)19-24-25-20(32-19)16-3-2-6-31-16;1-2-9-26-18-23-22-17(25-18)11-7-8-14(20)15(10-11)21-16(24)12-5-3-4-6-13(12)19/h2-9H,1H3,(H,23,27);2-8,10H,1,9H2,(H,21,24). The van der Waals surface area contributed by atoms with E-state index in [1.165, 1.54) is 73.7 Å². The van der Waals surface area contributed by atoms with E-state index in [2.05, 4.69) is 37.6 Å². The van der Waals surface area contributed by atoms with Gasteiger partial charge in [-0.25, -0.2) is 13.2 Å². The van der Waals surface area contributed by atoms with Crippen LogP contribution in [0.3, 0.4) is 0 Å². The van der Waals surface area contributed by atoms with E-state index in [0.717, 1.165) is 24.3 Å². The molecular weight excluding hydrogens is 807 g/mol. The van der Waals surface area contributed by atoms with Gasteiger partial charge in [0, 0.05) is 28.0 Å². The molecule has 0 saturated carbocycles. The zero-order valence-electron chi connectivity index (χ0n) is 29.6. The van der Waals surface area contributed by atoms with Crippen molar-refractivity contribution in [2.45, 2.75) is 5.22 Å². The van der Waals surface area contributed by atoms with Crippen LogP contribution < -0.4 is 15.4 Å². The Morgan fingerprint density at radius 3 is 2.05 bits per heavy atom. The number of benzene rings is 4. The molecular formula is C38H25ClF3N7O8S. The van der Waals surface area contributed by atoms with Crippen LogP contribution in [-0.4, -0.2) is 50.0 Å². The van der Waals surface area contributed by atoms with Crippen molar-refractivity contribution in [1.29, 1.82) is 0 Å². The molecule has 0 aliphatic rings. The Bertz CT molecular complexity index is 2640. The molecule has 0 bridgehead atoms. The minimum atomic E-state index is -0.870. The molecule has 3 aromatic heterocycles. The number of nitro benzene ring substituents is 1. The molecule has 58 heavy (non-hydrogen) atoms. The Morgan fingerprint density at radius 2 is 1.45 bits per heavy atom. The maximum atomic E-state index is 14.4. The largest absolute Gasteiger partial charge is 0.490 e. The monoisotopic (exact) mass is 831 g/mol. The lowest BCUT2D eigenvalue weighted by atomic mass is 10.1. The Morgan fingerprint density at radius 1 is 0.828 bits per heavy atom. The van der Waals surface area contributed by atoms with Gasteiger partial charge in [0.1, 0.15) is 17.5 Å². The van der Waals surface area contributed by atoms with Crippen LogP contribution in [-0.2, 0) is 0 Å². The Hall–Kier alpha value is -7.25. The quantitative estimate of drug-likeness (QED) is 0.0511. The van der Waals surface area contributed by atoms with E-state index >= 15 is 0 Å². The highest BCUT2D eigenvalue weighted by Crippen LogP contribution is 2.35. The zero-order chi connectivity index (χ0) is 41.3. The number of anilines is 2. The fourth-order valence-electron chi connectivity index (χ4n) is 4.99. The number of halogens is 4. The van der Waals surface area contributed by atoms with Crippen molar-refractivity contribution < 1.29 is 45.7 Å². The van der Waals surface area contributed by atoms with Crippen molar-refractivity contribution in [3.8, 4) is 40.3 Å². The summed E-state index contributed by atoms with van der Waals surface area (Å²) in [6.07, 6.45) is 3.14. The van der Waals surface area contributed by atoms with Gasteiger partial charge in [-0.05, 0) is 66.7 Å². The number of thioether (sulfide) groups is 1. The van der Waals surface area contributed by atoms with E-state index in [4.69, 9.17) is 29.6 Å². The second-order valence-corrected chi connectivity index (χ2v) is 12.8. The van der Waals surface area contributed by atoms with Gasteiger partial charge in [-0.2, -0.15) is 0 Å². The molecule has 15 nitrogen and oxygen atoms in total. The number of amides is 2. The zero-order valence-corrected chi connectivity index (χ0v) is 31.1. The first-order valence-electron chi connectivity index (χ1n) is 16.4. The van der Waals surface area contributed by atoms with E-state index in [9.17, 15) is 32.9 Å². The maximum absolute atomic E-state index is 14.4. The number of carbonyl (C=O) groups is 2. The van der Waals surface area contributed by atoms with Gasteiger partial charge >= 0.3 is 5.69 Å². The molecule has 7 aromatic rings. The molecule has 0 fully saturated rings. The van der Waals surface area contributed by atoms with Gasteiger partial charge in [0.25, 0.3) is 22.9 Å². The molecule has 3 heterocycles. The summed E-state index contributed by atoms with van der Waals surface area (Å²) in [7, 11) is 1.17.